The van der Waals surface area contributed by atoms with Crippen LogP contribution in [0.15, 0.2) is 12.8 Å². The Morgan fingerprint density at radius 3 is 1.18 bits per heavy atom. The first-order valence-electron chi connectivity index (χ1n) is 4.11. The summed E-state index contributed by atoms with van der Waals surface area (Å²) in [5.41, 5.74) is 0.333. The van der Waals surface area contributed by atoms with Gasteiger partial charge in [0.25, 0.3) is 0 Å². The lowest BCUT2D eigenvalue weighted by Gasteiger charge is -2.44. The van der Waals surface area contributed by atoms with Crippen molar-refractivity contribution in [1.82, 2.24) is 4.90 Å². The van der Waals surface area contributed by atoms with Crippen LogP contribution >= 0.6 is 0 Å². The molecule has 0 saturated carbocycles. The van der Waals surface area contributed by atoms with Gasteiger partial charge in [0.15, 0.2) is 0 Å². The van der Waals surface area contributed by atoms with Crippen molar-refractivity contribution in [2.45, 2.75) is 52.6 Å². The highest BCUT2D eigenvalue weighted by Crippen LogP contribution is 2.24. The van der Waals surface area contributed by atoms with Gasteiger partial charge in [-0.1, -0.05) is 6.58 Å². The second-order valence-electron chi connectivity index (χ2n) is 4.89. The van der Waals surface area contributed by atoms with Crippen molar-refractivity contribution in [3.05, 3.63) is 12.8 Å². The molecule has 0 saturated heterocycles. The van der Waals surface area contributed by atoms with E-state index in [1.807, 2.05) is 6.20 Å². The van der Waals surface area contributed by atoms with E-state index in [4.69, 9.17) is 0 Å². The second-order valence-corrected chi connectivity index (χ2v) is 4.89. The quantitative estimate of drug-likeness (QED) is 0.562. The van der Waals surface area contributed by atoms with Crippen molar-refractivity contribution in [2.24, 2.45) is 0 Å². The van der Waals surface area contributed by atoms with Gasteiger partial charge >= 0.3 is 0 Å². The maximum atomic E-state index is 3.82. The molecule has 0 N–H and O–H groups in total. The summed E-state index contributed by atoms with van der Waals surface area (Å²) in [6, 6.07) is 0. The standard InChI is InChI=1S/C10H21N/c1-8-11(9(2,3)4)10(5,6)7/h8H,1H2,2-7H3. The molecule has 0 radical (unpaired) electrons. The topological polar surface area (TPSA) is 3.24 Å². The first kappa shape index (κ1) is 10.5. The van der Waals surface area contributed by atoms with E-state index in [1.165, 1.54) is 0 Å². The van der Waals surface area contributed by atoms with Gasteiger partial charge in [-0.3, -0.25) is 0 Å². The molecular formula is C10H21N. The zero-order valence-electron chi connectivity index (χ0n) is 8.73. The third-order valence-electron chi connectivity index (χ3n) is 1.63. The minimum atomic E-state index is 0.167. The van der Waals surface area contributed by atoms with Crippen LogP contribution in [0.1, 0.15) is 41.5 Å². The van der Waals surface area contributed by atoms with E-state index >= 15 is 0 Å². The predicted molar refractivity (Wildman–Crippen MR) is 51.5 cm³/mol. The molecular weight excluding hydrogens is 134 g/mol. The van der Waals surface area contributed by atoms with Crippen LogP contribution in [0.2, 0.25) is 0 Å². The summed E-state index contributed by atoms with van der Waals surface area (Å²) in [7, 11) is 0. The largest absolute Gasteiger partial charge is 0.368 e. The lowest BCUT2D eigenvalue weighted by molar-refractivity contribution is 0.0966. The normalized spacial score (nSPS) is 12.9. The first-order valence-corrected chi connectivity index (χ1v) is 4.11. The van der Waals surface area contributed by atoms with Crippen LogP contribution in [0.5, 0.6) is 0 Å². The molecule has 66 valence electrons. The average Bonchev–Trinajstić information content (AvgIpc) is 1.56. The highest BCUT2D eigenvalue weighted by atomic mass is 15.2. The van der Waals surface area contributed by atoms with Crippen molar-refractivity contribution in [2.75, 3.05) is 0 Å². The molecule has 11 heavy (non-hydrogen) atoms. The fraction of sp³-hybridized carbons (Fsp3) is 0.800. The smallest absolute Gasteiger partial charge is 0.0317 e. The summed E-state index contributed by atoms with van der Waals surface area (Å²) in [5.74, 6) is 0. The van der Waals surface area contributed by atoms with Crippen LogP contribution in [0.4, 0.5) is 0 Å². The highest BCUT2D eigenvalue weighted by molar-refractivity contribution is 4.92. The monoisotopic (exact) mass is 155 g/mol. The number of nitrogens with zero attached hydrogens (tertiary/aromatic N) is 1. The van der Waals surface area contributed by atoms with Crippen molar-refractivity contribution >= 4 is 0 Å². The molecule has 0 unspecified atom stereocenters. The summed E-state index contributed by atoms with van der Waals surface area (Å²) in [6.45, 7) is 17.0. The van der Waals surface area contributed by atoms with Gasteiger partial charge in [0.2, 0.25) is 0 Å². The van der Waals surface area contributed by atoms with Gasteiger partial charge in [0, 0.05) is 11.1 Å². The molecule has 0 fully saturated rings. The molecule has 0 aromatic rings. The van der Waals surface area contributed by atoms with E-state index in [2.05, 4.69) is 53.0 Å². The molecule has 0 heterocycles. The molecule has 0 rings (SSSR count). The van der Waals surface area contributed by atoms with Gasteiger partial charge < -0.3 is 4.90 Å². The molecule has 0 aromatic carbocycles. The van der Waals surface area contributed by atoms with Gasteiger partial charge in [0.1, 0.15) is 0 Å². The van der Waals surface area contributed by atoms with Crippen LogP contribution in [0.25, 0.3) is 0 Å². The zero-order valence-corrected chi connectivity index (χ0v) is 8.73. The van der Waals surface area contributed by atoms with E-state index in [9.17, 15) is 0 Å². The van der Waals surface area contributed by atoms with E-state index in [-0.39, 0.29) is 11.1 Å². The summed E-state index contributed by atoms with van der Waals surface area (Å²) in [5, 5.41) is 0. The Balaban J connectivity index is 4.56. The zero-order chi connectivity index (χ0) is 9.28. The predicted octanol–water partition coefficient (Wildman–Crippen LogP) is 3.03. The highest BCUT2D eigenvalue weighted by Gasteiger charge is 2.27. The minimum Gasteiger partial charge on any atom is -0.368 e. The van der Waals surface area contributed by atoms with Gasteiger partial charge in [-0.25, -0.2) is 0 Å². The molecule has 0 aliphatic rings. The number of rotatable bonds is 1. The Kier molecular flexibility index (Phi) is 2.76. The van der Waals surface area contributed by atoms with Crippen LogP contribution in [0.3, 0.4) is 0 Å². The van der Waals surface area contributed by atoms with E-state index in [0.717, 1.165) is 0 Å². The SMILES string of the molecule is C=CN(C(C)(C)C)C(C)(C)C. The lowest BCUT2D eigenvalue weighted by Crippen LogP contribution is -2.48. The Morgan fingerprint density at radius 1 is 0.909 bits per heavy atom. The molecule has 0 aliphatic carbocycles. The van der Waals surface area contributed by atoms with Gasteiger partial charge in [-0.05, 0) is 47.7 Å². The fourth-order valence-corrected chi connectivity index (χ4v) is 1.55. The lowest BCUT2D eigenvalue weighted by atomic mass is 9.97. The summed E-state index contributed by atoms with van der Waals surface area (Å²) in [6.07, 6.45) is 1.92. The molecule has 0 amide bonds. The second kappa shape index (κ2) is 2.88. The van der Waals surface area contributed by atoms with Crippen LogP contribution in [-0.4, -0.2) is 16.0 Å². The summed E-state index contributed by atoms with van der Waals surface area (Å²) in [4.78, 5) is 2.26. The molecule has 0 bridgehead atoms. The van der Waals surface area contributed by atoms with Crippen LogP contribution < -0.4 is 0 Å². The Labute approximate surface area is 71.1 Å². The number of hydrogen-bond acceptors (Lipinski definition) is 1. The molecule has 1 heteroatoms. The van der Waals surface area contributed by atoms with Crippen molar-refractivity contribution in [3.63, 3.8) is 0 Å². The third-order valence-corrected chi connectivity index (χ3v) is 1.63. The Morgan fingerprint density at radius 2 is 1.18 bits per heavy atom. The molecule has 0 atom stereocenters. The van der Waals surface area contributed by atoms with E-state index < -0.39 is 0 Å². The van der Waals surface area contributed by atoms with Gasteiger partial charge in [-0.2, -0.15) is 0 Å². The Hall–Kier alpha value is -0.460. The maximum absolute atomic E-state index is 3.82. The first-order chi connectivity index (χ1) is 4.69. The van der Waals surface area contributed by atoms with Crippen LogP contribution in [-0.2, 0) is 0 Å². The van der Waals surface area contributed by atoms with Gasteiger partial charge in [0.05, 0.1) is 0 Å². The third kappa shape index (κ3) is 2.96. The van der Waals surface area contributed by atoms with Crippen molar-refractivity contribution in [1.29, 1.82) is 0 Å². The average molecular weight is 155 g/mol. The number of hydrogen-bond donors (Lipinski definition) is 0. The maximum Gasteiger partial charge on any atom is 0.0317 e. The van der Waals surface area contributed by atoms with Crippen molar-refractivity contribution in [3.8, 4) is 0 Å². The molecule has 0 aromatic heterocycles. The van der Waals surface area contributed by atoms with Gasteiger partial charge in [-0.15, -0.1) is 0 Å². The molecule has 1 nitrogen and oxygen atoms in total. The van der Waals surface area contributed by atoms with Crippen LogP contribution in [0, 0.1) is 0 Å². The summed E-state index contributed by atoms with van der Waals surface area (Å²) >= 11 is 0. The fourth-order valence-electron chi connectivity index (χ4n) is 1.55. The molecule has 0 spiro atoms. The van der Waals surface area contributed by atoms with Crippen molar-refractivity contribution < 1.29 is 0 Å². The summed E-state index contributed by atoms with van der Waals surface area (Å²) < 4.78 is 0. The minimum absolute atomic E-state index is 0.167. The molecule has 0 aliphatic heterocycles. The van der Waals surface area contributed by atoms with E-state index in [1.54, 1.807) is 0 Å². The Bertz CT molecular complexity index is 120. The van der Waals surface area contributed by atoms with E-state index in [0.29, 0.717) is 0 Å².